The maximum atomic E-state index is 11.8. The summed E-state index contributed by atoms with van der Waals surface area (Å²) in [5, 5.41) is 4.31. The summed E-state index contributed by atoms with van der Waals surface area (Å²) >= 11 is 0. The van der Waals surface area contributed by atoms with E-state index in [2.05, 4.69) is 40.1 Å². The van der Waals surface area contributed by atoms with Gasteiger partial charge in [0.05, 0.1) is 24.7 Å². The predicted octanol–water partition coefficient (Wildman–Crippen LogP) is 2.22. The van der Waals surface area contributed by atoms with Crippen molar-refractivity contribution < 1.29 is 8.42 Å². The van der Waals surface area contributed by atoms with E-state index in [0.717, 1.165) is 33.8 Å². The molecule has 4 heterocycles. The van der Waals surface area contributed by atoms with Crippen molar-refractivity contribution in [3.05, 3.63) is 65.1 Å². The van der Waals surface area contributed by atoms with Gasteiger partial charge in [0.1, 0.15) is 5.82 Å². The van der Waals surface area contributed by atoms with Crippen molar-refractivity contribution in [2.75, 3.05) is 37.3 Å². The zero-order valence-electron chi connectivity index (χ0n) is 18.5. The van der Waals surface area contributed by atoms with Crippen LogP contribution >= 0.6 is 0 Å². The first-order valence-electron chi connectivity index (χ1n) is 10.6. The SMILES string of the molecule is Cc1cc(-c2cnn(C)c2)cc2c1CN=C2c1ccnc(N2CCN(S(C)(=O)=O)CC2)c1. The molecule has 0 aliphatic carbocycles. The minimum atomic E-state index is -3.15. The molecule has 0 N–H and O–H groups in total. The highest BCUT2D eigenvalue weighted by Crippen LogP contribution is 2.32. The van der Waals surface area contributed by atoms with Crippen LogP contribution in [0, 0.1) is 6.92 Å². The number of anilines is 1. The zero-order valence-corrected chi connectivity index (χ0v) is 19.3. The number of nitrogens with zero attached hydrogens (tertiary/aromatic N) is 6. The number of benzene rings is 1. The molecule has 0 unspecified atom stereocenters. The summed E-state index contributed by atoms with van der Waals surface area (Å²) in [4.78, 5) is 11.6. The third-order valence-corrected chi connectivity index (χ3v) is 7.52. The Labute approximate surface area is 188 Å². The van der Waals surface area contributed by atoms with E-state index in [9.17, 15) is 8.42 Å². The van der Waals surface area contributed by atoms with Crippen LogP contribution in [0.2, 0.25) is 0 Å². The van der Waals surface area contributed by atoms with E-state index in [1.54, 1.807) is 0 Å². The van der Waals surface area contributed by atoms with Gasteiger partial charge in [-0.1, -0.05) is 6.07 Å². The molecule has 0 spiro atoms. The Hall–Kier alpha value is -3.04. The van der Waals surface area contributed by atoms with E-state index in [1.165, 1.54) is 21.7 Å². The van der Waals surface area contributed by atoms with E-state index < -0.39 is 10.0 Å². The number of rotatable bonds is 4. The molecule has 166 valence electrons. The summed E-state index contributed by atoms with van der Waals surface area (Å²) in [7, 11) is -1.23. The molecular formula is C23H26N6O2S. The lowest BCUT2D eigenvalue weighted by atomic mass is 9.93. The van der Waals surface area contributed by atoms with Crippen molar-refractivity contribution in [1.82, 2.24) is 19.1 Å². The van der Waals surface area contributed by atoms with Crippen LogP contribution in [-0.2, 0) is 23.6 Å². The Kier molecular flexibility index (Phi) is 5.10. The van der Waals surface area contributed by atoms with Gasteiger partial charge in [-0.3, -0.25) is 9.67 Å². The molecule has 0 atom stereocenters. The fraction of sp³-hybridized carbons (Fsp3) is 0.348. The Morgan fingerprint density at radius 1 is 1.00 bits per heavy atom. The van der Waals surface area contributed by atoms with Crippen LogP contribution in [0.15, 0.2) is 47.8 Å². The third kappa shape index (κ3) is 3.82. The quantitative estimate of drug-likeness (QED) is 0.609. The molecule has 9 heteroatoms. The minimum absolute atomic E-state index is 0.474. The van der Waals surface area contributed by atoms with E-state index >= 15 is 0 Å². The maximum absolute atomic E-state index is 11.8. The molecule has 8 nitrogen and oxygen atoms in total. The molecule has 0 radical (unpaired) electrons. The second-order valence-corrected chi connectivity index (χ2v) is 10.4. The van der Waals surface area contributed by atoms with Crippen molar-refractivity contribution in [3.63, 3.8) is 0 Å². The lowest BCUT2D eigenvalue weighted by Crippen LogP contribution is -2.48. The van der Waals surface area contributed by atoms with E-state index in [0.29, 0.717) is 32.7 Å². The summed E-state index contributed by atoms with van der Waals surface area (Å²) < 4.78 is 26.9. The van der Waals surface area contributed by atoms with Crippen molar-refractivity contribution >= 4 is 21.6 Å². The van der Waals surface area contributed by atoms with E-state index in [-0.39, 0.29) is 0 Å². The van der Waals surface area contributed by atoms with Crippen LogP contribution in [-0.4, -0.2) is 65.6 Å². The van der Waals surface area contributed by atoms with E-state index in [1.807, 2.05) is 36.4 Å². The first kappa shape index (κ1) is 20.8. The Morgan fingerprint density at radius 3 is 2.47 bits per heavy atom. The monoisotopic (exact) mass is 450 g/mol. The lowest BCUT2D eigenvalue weighted by molar-refractivity contribution is 0.387. The summed E-state index contributed by atoms with van der Waals surface area (Å²) in [6.45, 7) is 5.00. The predicted molar refractivity (Wildman–Crippen MR) is 126 cm³/mol. The Bertz CT molecular complexity index is 1320. The average Bonchev–Trinajstić information content (AvgIpc) is 3.40. The molecule has 2 aliphatic heterocycles. The van der Waals surface area contributed by atoms with Gasteiger partial charge < -0.3 is 4.90 Å². The average molecular weight is 451 g/mol. The first-order valence-corrected chi connectivity index (χ1v) is 12.5. The number of fused-ring (bicyclic) bond motifs is 1. The van der Waals surface area contributed by atoms with Crippen LogP contribution < -0.4 is 4.90 Å². The standard InChI is InChI=1S/C23H26N6O2S/c1-16-10-18(19-13-26-27(2)15-19)11-20-21(16)14-25-23(20)17-4-5-24-22(12-17)28-6-8-29(9-7-28)32(3,30)31/h4-5,10-13,15H,6-9,14H2,1-3H3. The number of pyridine rings is 1. The largest absolute Gasteiger partial charge is 0.354 e. The fourth-order valence-electron chi connectivity index (χ4n) is 4.45. The molecule has 3 aromatic rings. The number of hydrogen-bond acceptors (Lipinski definition) is 6. The highest BCUT2D eigenvalue weighted by atomic mass is 32.2. The van der Waals surface area contributed by atoms with Crippen molar-refractivity contribution in [2.45, 2.75) is 13.5 Å². The zero-order chi connectivity index (χ0) is 22.5. The second-order valence-electron chi connectivity index (χ2n) is 8.44. The second kappa shape index (κ2) is 7.83. The summed E-state index contributed by atoms with van der Waals surface area (Å²) in [5.41, 5.74) is 7.87. The van der Waals surface area contributed by atoms with Gasteiger partial charge in [-0.25, -0.2) is 13.4 Å². The summed E-state index contributed by atoms with van der Waals surface area (Å²) in [6.07, 6.45) is 6.98. The van der Waals surface area contributed by atoms with Gasteiger partial charge in [-0.2, -0.15) is 9.40 Å². The molecule has 32 heavy (non-hydrogen) atoms. The topological polar surface area (TPSA) is 83.7 Å². The normalized spacial score (nSPS) is 16.8. The van der Waals surface area contributed by atoms with Crippen molar-refractivity contribution in [2.24, 2.45) is 12.0 Å². The van der Waals surface area contributed by atoms with Gasteiger partial charge in [0.15, 0.2) is 0 Å². The van der Waals surface area contributed by atoms with Gasteiger partial charge in [0, 0.05) is 62.3 Å². The van der Waals surface area contributed by atoms with Gasteiger partial charge in [-0.15, -0.1) is 0 Å². The van der Waals surface area contributed by atoms with Gasteiger partial charge >= 0.3 is 0 Å². The molecule has 2 aliphatic rings. The Balaban J connectivity index is 1.44. The summed E-state index contributed by atoms with van der Waals surface area (Å²) in [5.74, 6) is 0.854. The molecule has 2 aromatic heterocycles. The van der Waals surface area contributed by atoms with Crippen molar-refractivity contribution in [1.29, 1.82) is 0 Å². The molecule has 1 fully saturated rings. The van der Waals surface area contributed by atoms with Gasteiger partial charge in [0.25, 0.3) is 0 Å². The summed E-state index contributed by atoms with van der Waals surface area (Å²) in [6, 6.07) is 8.47. The number of aliphatic imine (C=N–C) groups is 1. The number of aryl methyl sites for hydroxylation is 2. The van der Waals surface area contributed by atoms with Crippen LogP contribution in [0.3, 0.4) is 0 Å². The first-order chi connectivity index (χ1) is 15.3. The maximum Gasteiger partial charge on any atom is 0.211 e. The molecule has 1 aromatic carbocycles. The van der Waals surface area contributed by atoms with Crippen LogP contribution in [0.25, 0.3) is 11.1 Å². The van der Waals surface area contributed by atoms with E-state index in [4.69, 9.17) is 4.99 Å². The number of piperazine rings is 1. The molecular weight excluding hydrogens is 424 g/mol. The molecule has 5 rings (SSSR count). The minimum Gasteiger partial charge on any atom is -0.354 e. The highest BCUT2D eigenvalue weighted by molar-refractivity contribution is 7.88. The van der Waals surface area contributed by atoms with Gasteiger partial charge in [-0.05, 0) is 41.8 Å². The number of hydrogen-bond donors (Lipinski definition) is 0. The van der Waals surface area contributed by atoms with Gasteiger partial charge in [0.2, 0.25) is 10.0 Å². The van der Waals surface area contributed by atoms with Crippen molar-refractivity contribution in [3.8, 4) is 11.1 Å². The molecule has 0 amide bonds. The smallest absolute Gasteiger partial charge is 0.211 e. The van der Waals surface area contributed by atoms with Crippen LogP contribution in [0.5, 0.6) is 0 Å². The third-order valence-electron chi connectivity index (χ3n) is 6.21. The number of sulfonamides is 1. The Morgan fingerprint density at radius 2 is 1.78 bits per heavy atom. The molecule has 0 saturated carbocycles. The van der Waals surface area contributed by atoms with Crippen LogP contribution in [0.1, 0.15) is 22.3 Å². The highest BCUT2D eigenvalue weighted by Gasteiger charge is 2.25. The molecule has 0 bridgehead atoms. The van der Waals surface area contributed by atoms with Crippen LogP contribution in [0.4, 0.5) is 5.82 Å². The number of aromatic nitrogens is 3. The fourth-order valence-corrected chi connectivity index (χ4v) is 5.28. The molecule has 1 saturated heterocycles. The lowest BCUT2D eigenvalue weighted by Gasteiger charge is -2.34.